The molecule has 2 aromatic rings. The molecule has 0 aliphatic rings. The summed E-state index contributed by atoms with van der Waals surface area (Å²) < 4.78 is 13.5. The Hall–Kier alpha value is -1.12. The van der Waals surface area contributed by atoms with Gasteiger partial charge in [0.2, 0.25) is 0 Å². The van der Waals surface area contributed by atoms with Gasteiger partial charge in [-0.05, 0) is 30.3 Å². The van der Waals surface area contributed by atoms with Crippen LogP contribution >= 0.6 is 23.2 Å². The van der Waals surface area contributed by atoms with E-state index in [2.05, 4.69) is 4.98 Å². The van der Waals surface area contributed by atoms with E-state index < -0.39 is 5.82 Å². The number of benzene rings is 1. The summed E-state index contributed by atoms with van der Waals surface area (Å²) >= 11 is 11.4. The first kappa shape index (κ1) is 10.4. The molecule has 15 heavy (non-hydrogen) atoms. The molecule has 1 aromatic carbocycles. The van der Waals surface area contributed by atoms with Crippen LogP contribution in [-0.2, 0) is 0 Å². The Morgan fingerprint density at radius 1 is 1.00 bits per heavy atom. The average molecular weight is 242 g/mol. The van der Waals surface area contributed by atoms with E-state index in [-0.39, 0.29) is 0 Å². The van der Waals surface area contributed by atoms with Gasteiger partial charge in [0.1, 0.15) is 5.82 Å². The number of hydrogen-bond donors (Lipinski definition) is 0. The van der Waals surface area contributed by atoms with Gasteiger partial charge < -0.3 is 0 Å². The van der Waals surface area contributed by atoms with Gasteiger partial charge in [-0.25, -0.2) is 4.39 Å². The molecule has 1 heterocycles. The van der Waals surface area contributed by atoms with Crippen LogP contribution < -0.4 is 0 Å². The van der Waals surface area contributed by atoms with Gasteiger partial charge in [0.05, 0.1) is 5.69 Å². The van der Waals surface area contributed by atoms with Crippen molar-refractivity contribution in [1.82, 2.24) is 4.98 Å². The van der Waals surface area contributed by atoms with Crippen LogP contribution in [0.5, 0.6) is 0 Å². The lowest BCUT2D eigenvalue weighted by molar-refractivity contribution is 0.631. The van der Waals surface area contributed by atoms with Crippen LogP contribution in [-0.4, -0.2) is 4.98 Å². The first-order valence-electron chi connectivity index (χ1n) is 4.24. The van der Waals surface area contributed by atoms with Crippen molar-refractivity contribution in [3.05, 3.63) is 52.4 Å². The molecule has 76 valence electrons. The predicted molar refractivity (Wildman–Crippen MR) is 59.7 cm³/mol. The van der Waals surface area contributed by atoms with Crippen molar-refractivity contribution < 1.29 is 4.39 Å². The normalized spacial score (nSPS) is 10.3. The van der Waals surface area contributed by atoms with Crippen LogP contribution in [0.4, 0.5) is 4.39 Å². The van der Waals surface area contributed by atoms with Crippen LogP contribution in [0.2, 0.25) is 10.0 Å². The molecular formula is C11H6Cl2FN. The lowest BCUT2D eigenvalue weighted by Crippen LogP contribution is -1.87. The molecule has 0 aliphatic heterocycles. The van der Waals surface area contributed by atoms with Gasteiger partial charge in [-0.2, -0.15) is 0 Å². The number of rotatable bonds is 1. The third-order valence-corrected chi connectivity index (χ3v) is 2.40. The van der Waals surface area contributed by atoms with E-state index in [0.717, 1.165) is 0 Å². The third kappa shape index (κ3) is 2.28. The van der Waals surface area contributed by atoms with E-state index in [1.54, 1.807) is 24.3 Å². The van der Waals surface area contributed by atoms with Crippen molar-refractivity contribution in [2.45, 2.75) is 0 Å². The zero-order valence-corrected chi connectivity index (χ0v) is 9.06. The van der Waals surface area contributed by atoms with Crippen molar-refractivity contribution in [3.63, 3.8) is 0 Å². The summed E-state index contributed by atoms with van der Waals surface area (Å²) in [5.41, 5.74) is 0.888. The minimum absolute atomic E-state index is 0.360. The largest absolute Gasteiger partial charge is 0.256 e. The van der Waals surface area contributed by atoms with Crippen LogP contribution in [0, 0.1) is 5.82 Å². The minimum Gasteiger partial charge on any atom is -0.256 e. The number of pyridine rings is 1. The Morgan fingerprint density at radius 3 is 2.40 bits per heavy atom. The Kier molecular flexibility index (Phi) is 2.89. The lowest BCUT2D eigenvalue weighted by atomic mass is 10.1. The van der Waals surface area contributed by atoms with E-state index >= 15 is 0 Å². The minimum atomic E-state index is -0.405. The lowest BCUT2D eigenvalue weighted by Gasteiger charge is -2.02. The first-order valence-corrected chi connectivity index (χ1v) is 4.99. The van der Waals surface area contributed by atoms with Crippen molar-refractivity contribution in [3.8, 4) is 11.3 Å². The summed E-state index contributed by atoms with van der Waals surface area (Å²) in [6.45, 7) is 0. The van der Waals surface area contributed by atoms with E-state index in [0.29, 0.717) is 21.3 Å². The van der Waals surface area contributed by atoms with Crippen LogP contribution in [0.25, 0.3) is 11.3 Å². The van der Waals surface area contributed by atoms with Crippen LogP contribution in [0.3, 0.4) is 0 Å². The second-order valence-corrected chi connectivity index (χ2v) is 3.86. The van der Waals surface area contributed by atoms with Crippen LogP contribution in [0.15, 0.2) is 36.5 Å². The van der Waals surface area contributed by atoms with E-state index in [1.807, 2.05) is 0 Å². The van der Waals surface area contributed by atoms with E-state index in [9.17, 15) is 4.39 Å². The molecule has 0 atom stereocenters. The summed E-state index contributed by atoms with van der Waals surface area (Å²) in [5.74, 6) is -0.405. The summed E-state index contributed by atoms with van der Waals surface area (Å²) in [7, 11) is 0. The topological polar surface area (TPSA) is 12.9 Å². The zero-order valence-electron chi connectivity index (χ0n) is 7.55. The Bertz CT molecular complexity index is 500. The molecule has 0 fully saturated rings. The van der Waals surface area contributed by atoms with Gasteiger partial charge in [-0.1, -0.05) is 23.2 Å². The smallest absolute Gasteiger partial charge is 0.134 e. The predicted octanol–water partition coefficient (Wildman–Crippen LogP) is 4.19. The quantitative estimate of drug-likeness (QED) is 0.730. The standard InChI is InChI=1S/C11H6Cl2FN/c12-7-1-2-9(10(14)5-7)11-6-8(13)3-4-15-11/h1-6H. The number of halogens is 3. The summed E-state index contributed by atoms with van der Waals surface area (Å²) in [4.78, 5) is 4.03. The van der Waals surface area contributed by atoms with Gasteiger partial charge in [-0.15, -0.1) is 0 Å². The number of nitrogens with zero attached hydrogens (tertiary/aromatic N) is 1. The Balaban J connectivity index is 2.54. The van der Waals surface area contributed by atoms with Gasteiger partial charge in [-0.3, -0.25) is 4.98 Å². The number of aromatic nitrogens is 1. The zero-order chi connectivity index (χ0) is 10.8. The summed E-state index contributed by atoms with van der Waals surface area (Å²) in [6.07, 6.45) is 1.53. The molecule has 1 nitrogen and oxygen atoms in total. The highest BCUT2D eigenvalue weighted by Crippen LogP contribution is 2.25. The molecule has 4 heteroatoms. The molecule has 0 unspecified atom stereocenters. The fourth-order valence-corrected chi connectivity index (χ4v) is 1.57. The first-order chi connectivity index (χ1) is 7.16. The molecule has 1 aromatic heterocycles. The molecule has 2 rings (SSSR count). The second-order valence-electron chi connectivity index (χ2n) is 2.98. The summed E-state index contributed by atoms with van der Waals surface area (Å²) in [6, 6.07) is 7.69. The highest BCUT2D eigenvalue weighted by atomic mass is 35.5. The van der Waals surface area contributed by atoms with Gasteiger partial charge >= 0.3 is 0 Å². The SMILES string of the molecule is Fc1cc(Cl)ccc1-c1cc(Cl)ccn1. The fraction of sp³-hybridized carbons (Fsp3) is 0. The van der Waals surface area contributed by atoms with E-state index in [4.69, 9.17) is 23.2 Å². The monoisotopic (exact) mass is 241 g/mol. The van der Waals surface area contributed by atoms with Crippen LogP contribution in [0.1, 0.15) is 0 Å². The van der Waals surface area contributed by atoms with Gasteiger partial charge in [0.25, 0.3) is 0 Å². The second kappa shape index (κ2) is 4.17. The van der Waals surface area contributed by atoms with Crippen molar-refractivity contribution in [2.75, 3.05) is 0 Å². The molecule has 0 amide bonds. The Labute approximate surface area is 96.5 Å². The molecule has 0 aliphatic carbocycles. The van der Waals surface area contributed by atoms with Gasteiger partial charge in [0, 0.05) is 21.8 Å². The molecule has 0 bridgehead atoms. The maximum Gasteiger partial charge on any atom is 0.134 e. The molecular weight excluding hydrogens is 236 g/mol. The summed E-state index contributed by atoms with van der Waals surface area (Å²) in [5, 5.41) is 0.882. The molecule has 0 spiro atoms. The molecule has 0 saturated carbocycles. The maximum absolute atomic E-state index is 13.5. The Morgan fingerprint density at radius 2 is 1.73 bits per heavy atom. The fourth-order valence-electron chi connectivity index (χ4n) is 1.25. The maximum atomic E-state index is 13.5. The molecule has 0 N–H and O–H groups in total. The molecule has 0 radical (unpaired) electrons. The van der Waals surface area contributed by atoms with Crippen molar-refractivity contribution in [1.29, 1.82) is 0 Å². The van der Waals surface area contributed by atoms with Gasteiger partial charge in [0.15, 0.2) is 0 Å². The third-order valence-electron chi connectivity index (χ3n) is 1.93. The van der Waals surface area contributed by atoms with E-state index in [1.165, 1.54) is 12.3 Å². The number of hydrogen-bond acceptors (Lipinski definition) is 1. The average Bonchev–Trinajstić information content (AvgIpc) is 2.17. The highest BCUT2D eigenvalue weighted by Gasteiger charge is 2.06. The highest BCUT2D eigenvalue weighted by molar-refractivity contribution is 6.31. The molecule has 0 saturated heterocycles. The van der Waals surface area contributed by atoms with Crippen molar-refractivity contribution in [2.24, 2.45) is 0 Å². The van der Waals surface area contributed by atoms with Crippen molar-refractivity contribution >= 4 is 23.2 Å².